The van der Waals surface area contributed by atoms with Gasteiger partial charge in [0.2, 0.25) is 0 Å². The second-order valence-corrected chi connectivity index (χ2v) is 1.59. The summed E-state index contributed by atoms with van der Waals surface area (Å²) in [6.45, 7) is 3.57. The molecular formula is C6H8N2. The molecule has 0 spiro atoms. The lowest BCUT2D eigenvalue weighted by Crippen LogP contribution is -1.79. The lowest BCUT2D eigenvalue weighted by Gasteiger charge is -1.74. The number of nitrogen functional groups attached to an aromatic ring is 1. The van der Waals surface area contributed by atoms with Gasteiger partial charge in [0.05, 0.1) is 0 Å². The van der Waals surface area contributed by atoms with Gasteiger partial charge in [0.25, 0.3) is 0 Å². The molecule has 42 valence electrons. The SMILES string of the molecule is C=Cc1c[nH]c(N)c1. The van der Waals surface area contributed by atoms with Crippen molar-refractivity contribution in [2.45, 2.75) is 0 Å². The Kier molecular flexibility index (Phi) is 1.08. The average molecular weight is 108 g/mol. The van der Waals surface area contributed by atoms with Gasteiger partial charge in [-0.2, -0.15) is 0 Å². The minimum atomic E-state index is 0.680. The van der Waals surface area contributed by atoms with E-state index in [1.807, 2.05) is 12.3 Å². The second kappa shape index (κ2) is 1.74. The van der Waals surface area contributed by atoms with E-state index < -0.39 is 0 Å². The van der Waals surface area contributed by atoms with E-state index in [9.17, 15) is 0 Å². The van der Waals surface area contributed by atoms with Crippen molar-refractivity contribution in [3.63, 3.8) is 0 Å². The number of aromatic amines is 1. The quantitative estimate of drug-likeness (QED) is 0.558. The summed E-state index contributed by atoms with van der Waals surface area (Å²) in [5, 5.41) is 0. The number of anilines is 1. The van der Waals surface area contributed by atoms with E-state index in [0.717, 1.165) is 5.56 Å². The maximum absolute atomic E-state index is 5.35. The highest BCUT2D eigenvalue weighted by atomic mass is 14.8. The minimum absolute atomic E-state index is 0.680. The molecule has 1 heterocycles. The second-order valence-electron chi connectivity index (χ2n) is 1.59. The summed E-state index contributed by atoms with van der Waals surface area (Å²) in [5.74, 6) is 0.680. The molecule has 0 amide bonds. The van der Waals surface area contributed by atoms with Gasteiger partial charge in [0.15, 0.2) is 0 Å². The largest absolute Gasteiger partial charge is 0.385 e. The van der Waals surface area contributed by atoms with Crippen LogP contribution in [-0.2, 0) is 0 Å². The molecule has 0 saturated heterocycles. The summed E-state index contributed by atoms with van der Waals surface area (Å²) in [6, 6.07) is 1.83. The Morgan fingerprint density at radius 1 is 1.75 bits per heavy atom. The summed E-state index contributed by atoms with van der Waals surface area (Å²) in [7, 11) is 0. The number of hydrogen-bond acceptors (Lipinski definition) is 1. The van der Waals surface area contributed by atoms with Gasteiger partial charge in [0, 0.05) is 6.20 Å². The first-order valence-electron chi connectivity index (χ1n) is 2.39. The Bertz CT molecular complexity index is 188. The number of rotatable bonds is 1. The van der Waals surface area contributed by atoms with Crippen molar-refractivity contribution >= 4 is 11.9 Å². The molecule has 0 aliphatic heterocycles. The first-order valence-corrected chi connectivity index (χ1v) is 2.39. The summed E-state index contributed by atoms with van der Waals surface area (Å²) in [5.41, 5.74) is 6.38. The van der Waals surface area contributed by atoms with Crippen molar-refractivity contribution in [1.82, 2.24) is 4.98 Å². The number of hydrogen-bond donors (Lipinski definition) is 2. The predicted molar refractivity (Wildman–Crippen MR) is 35.3 cm³/mol. The van der Waals surface area contributed by atoms with Crippen LogP contribution in [0.3, 0.4) is 0 Å². The van der Waals surface area contributed by atoms with Crippen LogP contribution in [0.1, 0.15) is 5.56 Å². The van der Waals surface area contributed by atoms with Gasteiger partial charge in [0.1, 0.15) is 5.82 Å². The summed E-state index contributed by atoms with van der Waals surface area (Å²) in [4.78, 5) is 2.83. The lowest BCUT2D eigenvalue weighted by atomic mass is 10.3. The van der Waals surface area contributed by atoms with Crippen LogP contribution < -0.4 is 5.73 Å². The molecule has 0 fully saturated rings. The van der Waals surface area contributed by atoms with Gasteiger partial charge in [-0.05, 0) is 11.6 Å². The third-order valence-electron chi connectivity index (χ3n) is 0.963. The monoisotopic (exact) mass is 108 g/mol. The average Bonchev–Trinajstić information content (AvgIpc) is 2.14. The van der Waals surface area contributed by atoms with Crippen molar-refractivity contribution < 1.29 is 0 Å². The molecule has 1 aromatic rings. The number of nitrogens with two attached hydrogens (primary N) is 1. The molecule has 0 unspecified atom stereocenters. The molecule has 1 rings (SSSR count). The van der Waals surface area contributed by atoms with Gasteiger partial charge in [-0.25, -0.2) is 0 Å². The van der Waals surface area contributed by atoms with E-state index in [1.54, 1.807) is 6.08 Å². The van der Waals surface area contributed by atoms with Crippen LogP contribution in [0.5, 0.6) is 0 Å². The normalized spacial score (nSPS) is 9.00. The van der Waals surface area contributed by atoms with Crippen LogP contribution in [-0.4, -0.2) is 4.98 Å². The Morgan fingerprint density at radius 3 is 2.75 bits per heavy atom. The third kappa shape index (κ3) is 0.729. The van der Waals surface area contributed by atoms with E-state index in [2.05, 4.69) is 11.6 Å². The van der Waals surface area contributed by atoms with Crippen molar-refractivity contribution in [3.05, 3.63) is 24.4 Å². The van der Waals surface area contributed by atoms with Crippen molar-refractivity contribution in [2.75, 3.05) is 5.73 Å². The van der Waals surface area contributed by atoms with Crippen LogP contribution in [0.25, 0.3) is 6.08 Å². The highest BCUT2D eigenvalue weighted by Gasteiger charge is 1.85. The summed E-state index contributed by atoms with van der Waals surface area (Å²) in [6.07, 6.45) is 3.55. The maximum atomic E-state index is 5.35. The van der Waals surface area contributed by atoms with E-state index in [0.29, 0.717) is 5.82 Å². The van der Waals surface area contributed by atoms with E-state index >= 15 is 0 Å². The van der Waals surface area contributed by atoms with Gasteiger partial charge in [-0.3, -0.25) is 0 Å². The van der Waals surface area contributed by atoms with E-state index in [4.69, 9.17) is 5.73 Å². The fourth-order valence-electron chi connectivity index (χ4n) is 0.547. The molecule has 3 N–H and O–H groups in total. The van der Waals surface area contributed by atoms with Gasteiger partial charge in [-0.1, -0.05) is 12.7 Å². The molecule has 1 aromatic heterocycles. The van der Waals surface area contributed by atoms with E-state index in [-0.39, 0.29) is 0 Å². The zero-order valence-corrected chi connectivity index (χ0v) is 4.52. The number of nitrogens with one attached hydrogen (secondary N) is 1. The Morgan fingerprint density at radius 2 is 2.50 bits per heavy atom. The molecule has 0 radical (unpaired) electrons. The van der Waals surface area contributed by atoms with Crippen LogP contribution in [0.2, 0.25) is 0 Å². The molecule has 2 heteroatoms. The topological polar surface area (TPSA) is 41.8 Å². The zero-order chi connectivity index (χ0) is 5.98. The van der Waals surface area contributed by atoms with Gasteiger partial charge < -0.3 is 10.7 Å². The smallest absolute Gasteiger partial charge is 0.101 e. The molecule has 8 heavy (non-hydrogen) atoms. The Hall–Kier alpha value is -1.18. The van der Waals surface area contributed by atoms with Crippen molar-refractivity contribution in [3.8, 4) is 0 Å². The first kappa shape index (κ1) is 4.97. The molecular weight excluding hydrogens is 100 g/mol. The molecule has 0 bridgehead atoms. The first-order chi connectivity index (χ1) is 3.83. The molecule has 0 aromatic carbocycles. The fraction of sp³-hybridized carbons (Fsp3) is 0. The molecule has 2 nitrogen and oxygen atoms in total. The van der Waals surface area contributed by atoms with Crippen LogP contribution in [0.4, 0.5) is 5.82 Å². The van der Waals surface area contributed by atoms with Crippen molar-refractivity contribution in [1.29, 1.82) is 0 Å². The number of H-pyrrole nitrogens is 1. The molecule has 0 saturated carbocycles. The molecule has 0 atom stereocenters. The summed E-state index contributed by atoms with van der Waals surface area (Å²) >= 11 is 0. The molecule has 0 aliphatic carbocycles. The predicted octanol–water partition coefficient (Wildman–Crippen LogP) is 1.24. The lowest BCUT2D eigenvalue weighted by molar-refractivity contribution is 1.41. The van der Waals surface area contributed by atoms with Gasteiger partial charge >= 0.3 is 0 Å². The van der Waals surface area contributed by atoms with Crippen molar-refractivity contribution in [2.24, 2.45) is 0 Å². The highest BCUT2D eigenvalue weighted by molar-refractivity contribution is 5.51. The minimum Gasteiger partial charge on any atom is -0.385 e. The van der Waals surface area contributed by atoms with Crippen LogP contribution in [0.15, 0.2) is 18.8 Å². The Balaban J connectivity index is 3.00. The van der Waals surface area contributed by atoms with Gasteiger partial charge in [-0.15, -0.1) is 0 Å². The Labute approximate surface area is 48.0 Å². The molecule has 0 aliphatic rings. The van der Waals surface area contributed by atoms with E-state index in [1.165, 1.54) is 0 Å². The zero-order valence-electron chi connectivity index (χ0n) is 4.52. The van der Waals surface area contributed by atoms with Crippen LogP contribution in [0, 0.1) is 0 Å². The third-order valence-corrected chi connectivity index (χ3v) is 0.963. The standard InChI is InChI=1S/C6H8N2/c1-2-5-3-6(7)8-4-5/h2-4,8H,1,7H2. The maximum Gasteiger partial charge on any atom is 0.101 e. The summed E-state index contributed by atoms with van der Waals surface area (Å²) < 4.78 is 0. The van der Waals surface area contributed by atoms with Crippen LogP contribution >= 0.6 is 0 Å². The highest BCUT2D eigenvalue weighted by Crippen LogP contribution is 2.04. The number of aromatic nitrogens is 1. The fourth-order valence-corrected chi connectivity index (χ4v) is 0.547.